The van der Waals surface area contributed by atoms with Gasteiger partial charge < -0.3 is 10.1 Å². The maximum atomic E-state index is 12.4. The smallest absolute Gasteiger partial charge is 0.316 e. The van der Waals surface area contributed by atoms with Gasteiger partial charge in [0.1, 0.15) is 0 Å². The number of hydrogen-bond donors (Lipinski definition) is 1. The number of amides is 1. The van der Waals surface area contributed by atoms with E-state index in [1.807, 2.05) is 30.3 Å². The van der Waals surface area contributed by atoms with E-state index in [2.05, 4.69) is 5.32 Å². The molecule has 5 nitrogen and oxygen atoms in total. The number of ether oxygens (including phenoxy) is 1. The predicted molar refractivity (Wildman–Crippen MR) is 93.5 cm³/mol. The Morgan fingerprint density at radius 2 is 1.84 bits per heavy atom. The first-order valence-electron chi connectivity index (χ1n) is 8.06. The van der Waals surface area contributed by atoms with E-state index in [0.29, 0.717) is 5.56 Å². The van der Waals surface area contributed by atoms with Gasteiger partial charge in [-0.2, -0.15) is 0 Å². The van der Waals surface area contributed by atoms with Crippen molar-refractivity contribution in [3.63, 3.8) is 0 Å². The van der Waals surface area contributed by atoms with Crippen LogP contribution in [0.5, 0.6) is 0 Å². The summed E-state index contributed by atoms with van der Waals surface area (Å²) in [4.78, 5) is 36.1. The van der Waals surface area contributed by atoms with E-state index >= 15 is 0 Å². The molecule has 1 aliphatic rings. The lowest BCUT2D eigenvalue weighted by atomic mass is 9.85. The molecule has 2 aromatic rings. The number of anilines is 1. The first kappa shape index (κ1) is 16.9. The van der Waals surface area contributed by atoms with Crippen LogP contribution < -0.4 is 5.32 Å². The highest BCUT2D eigenvalue weighted by Gasteiger charge is 2.32. The van der Waals surface area contributed by atoms with Gasteiger partial charge in [-0.25, -0.2) is 0 Å². The third-order valence-electron chi connectivity index (χ3n) is 4.39. The third-order valence-corrected chi connectivity index (χ3v) is 4.39. The van der Waals surface area contributed by atoms with Crippen molar-refractivity contribution < 1.29 is 19.1 Å². The largest absolute Gasteiger partial charge is 0.457 e. The van der Waals surface area contributed by atoms with E-state index < -0.39 is 11.4 Å². The zero-order valence-corrected chi connectivity index (χ0v) is 14.2. The molecule has 0 atom stereocenters. The Morgan fingerprint density at radius 3 is 2.56 bits per heavy atom. The molecule has 128 valence electrons. The molecule has 0 radical (unpaired) electrons. The van der Waals surface area contributed by atoms with Gasteiger partial charge in [-0.1, -0.05) is 30.3 Å². The highest BCUT2D eigenvalue weighted by molar-refractivity contribution is 6.03. The van der Waals surface area contributed by atoms with E-state index in [-0.39, 0.29) is 24.7 Å². The average molecular weight is 337 g/mol. The Balaban J connectivity index is 1.65. The molecule has 0 fully saturated rings. The van der Waals surface area contributed by atoms with Gasteiger partial charge in [-0.15, -0.1) is 0 Å². The Bertz CT molecular complexity index is 840. The van der Waals surface area contributed by atoms with Gasteiger partial charge in [0.05, 0.1) is 11.8 Å². The summed E-state index contributed by atoms with van der Waals surface area (Å²) in [6, 6.07) is 14.3. The third kappa shape index (κ3) is 3.45. The molecule has 25 heavy (non-hydrogen) atoms. The summed E-state index contributed by atoms with van der Waals surface area (Å²) in [5, 5.41) is 2.72. The van der Waals surface area contributed by atoms with Crippen LogP contribution in [0.3, 0.4) is 0 Å². The molecule has 1 amide bonds. The fourth-order valence-electron chi connectivity index (χ4n) is 2.77. The van der Waals surface area contributed by atoms with Gasteiger partial charge in [0, 0.05) is 11.3 Å². The average Bonchev–Trinajstić information content (AvgIpc) is 2.99. The second-order valence-corrected chi connectivity index (χ2v) is 6.59. The van der Waals surface area contributed by atoms with Crippen LogP contribution in [0.25, 0.3) is 0 Å². The summed E-state index contributed by atoms with van der Waals surface area (Å²) in [5.74, 6) is -0.833. The Labute approximate surface area is 146 Å². The summed E-state index contributed by atoms with van der Waals surface area (Å²) in [6.07, 6.45) is 0.261. The molecule has 0 unspecified atom stereocenters. The van der Waals surface area contributed by atoms with Crippen LogP contribution in [-0.2, 0) is 26.2 Å². The van der Waals surface area contributed by atoms with Crippen molar-refractivity contribution in [3.05, 3.63) is 65.2 Å². The quantitative estimate of drug-likeness (QED) is 0.673. The lowest BCUT2D eigenvalue weighted by Gasteiger charge is -2.22. The number of hydrogen-bond acceptors (Lipinski definition) is 4. The molecule has 0 aromatic heterocycles. The Morgan fingerprint density at radius 1 is 1.12 bits per heavy atom. The SMILES string of the molecule is CC(C)(C(=O)OCC(=O)c1ccc2c(c1)CC(=O)N2)c1ccccc1. The summed E-state index contributed by atoms with van der Waals surface area (Å²) in [6.45, 7) is 3.21. The second kappa shape index (κ2) is 6.51. The Kier molecular flexibility index (Phi) is 4.40. The first-order valence-corrected chi connectivity index (χ1v) is 8.06. The Hall–Kier alpha value is -2.95. The molecule has 2 aromatic carbocycles. The van der Waals surface area contributed by atoms with Crippen LogP contribution >= 0.6 is 0 Å². The van der Waals surface area contributed by atoms with Gasteiger partial charge >= 0.3 is 5.97 Å². The zero-order valence-electron chi connectivity index (χ0n) is 14.2. The van der Waals surface area contributed by atoms with E-state index in [1.165, 1.54) is 0 Å². The molecule has 0 bridgehead atoms. The van der Waals surface area contributed by atoms with Crippen molar-refractivity contribution >= 4 is 23.3 Å². The topological polar surface area (TPSA) is 72.5 Å². The monoisotopic (exact) mass is 337 g/mol. The number of esters is 1. The number of Topliss-reactive ketones (excluding diaryl/α,β-unsaturated/α-hetero) is 1. The van der Waals surface area contributed by atoms with Gasteiger partial charge in [-0.3, -0.25) is 14.4 Å². The molecule has 1 heterocycles. The lowest BCUT2D eigenvalue weighted by Crippen LogP contribution is -2.32. The predicted octanol–water partition coefficient (Wildman–Crippen LogP) is 2.88. The first-order chi connectivity index (χ1) is 11.9. The van der Waals surface area contributed by atoms with Crippen molar-refractivity contribution in [2.45, 2.75) is 25.7 Å². The highest BCUT2D eigenvalue weighted by atomic mass is 16.5. The molecule has 0 spiro atoms. The fourth-order valence-corrected chi connectivity index (χ4v) is 2.77. The second-order valence-electron chi connectivity index (χ2n) is 6.59. The van der Waals surface area contributed by atoms with Gasteiger partial charge in [0.15, 0.2) is 12.4 Å². The van der Waals surface area contributed by atoms with E-state index in [4.69, 9.17) is 4.74 Å². The summed E-state index contributed by atoms with van der Waals surface area (Å²) in [7, 11) is 0. The standard InChI is InChI=1S/C20H19NO4/c1-20(2,15-6-4-3-5-7-15)19(24)25-12-17(22)13-8-9-16-14(10-13)11-18(23)21-16/h3-10H,11-12H2,1-2H3,(H,21,23). The molecule has 0 saturated heterocycles. The molecule has 0 aliphatic carbocycles. The van der Waals surface area contributed by atoms with Crippen LogP contribution in [0, 0.1) is 0 Å². The van der Waals surface area contributed by atoms with Crippen LogP contribution in [-0.4, -0.2) is 24.3 Å². The summed E-state index contributed by atoms with van der Waals surface area (Å²) in [5.41, 5.74) is 1.93. The maximum Gasteiger partial charge on any atom is 0.316 e. The number of ketones is 1. The molecular formula is C20H19NO4. The van der Waals surface area contributed by atoms with Crippen LogP contribution in [0.2, 0.25) is 0 Å². The van der Waals surface area contributed by atoms with E-state index in [9.17, 15) is 14.4 Å². The minimum absolute atomic E-state index is 0.0874. The summed E-state index contributed by atoms with van der Waals surface area (Å²) < 4.78 is 5.25. The number of carbonyl (C=O) groups is 3. The zero-order chi connectivity index (χ0) is 18.0. The van der Waals surface area contributed by atoms with Gasteiger partial charge in [-0.05, 0) is 43.2 Å². The number of nitrogens with one attached hydrogen (secondary N) is 1. The lowest BCUT2D eigenvalue weighted by molar-refractivity contribution is -0.148. The van der Waals surface area contributed by atoms with Crippen molar-refractivity contribution in [1.29, 1.82) is 0 Å². The van der Waals surface area contributed by atoms with Gasteiger partial charge in [0.2, 0.25) is 5.91 Å². The van der Waals surface area contributed by atoms with E-state index in [0.717, 1.165) is 16.8 Å². The number of carbonyl (C=O) groups excluding carboxylic acids is 3. The maximum absolute atomic E-state index is 12.4. The summed E-state index contributed by atoms with van der Waals surface area (Å²) >= 11 is 0. The fraction of sp³-hybridized carbons (Fsp3) is 0.250. The van der Waals surface area contributed by atoms with Crippen LogP contribution in [0.4, 0.5) is 5.69 Å². The molecule has 5 heteroatoms. The molecule has 1 aliphatic heterocycles. The molecule has 0 saturated carbocycles. The van der Waals surface area contributed by atoms with Crippen LogP contribution in [0.1, 0.15) is 35.3 Å². The molecular weight excluding hydrogens is 318 g/mol. The van der Waals surface area contributed by atoms with Crippen molar-refractivity contribution in [2.75, 3.05) is 11.9 Å². The molecule has 3 rings (SSSR count). The van der Waals surface area contributed by atoms with Crippen molar-refractivity contribution in [2.24, 2.45) is 0 Å². The highest BCUT2D eigenvalue weighted by Crippen LogP contribution is 2.26. The van der Waals surface area contributed by atoms with E-state index in [1.54, 1.807) is 32.0 Å². The van der Waals surface area contributed by atoms with Crippen molar-refractivity contribution in [1.82, 2.24) is 0 Å². The molecule has 1 N–H and O–H groups in total. The number of benzene rings is 2. The number of rotatable bonds is 5. The van der Waals surface area contributed by atoms with Crippen LogP contribution in [0.15, 0.2) is 48.5 Å². The van der Waals surface area contributed by atoms with Crippen molar-refractivity contribution in [3.8, 4) is 0 Å². The number of fused-ring (bicyclic) bond motifs is 1. The normalized spacial score (nSPS) is 13.1. The van der Waals surface area contributed by atoms with Gasteiger partial charge in [0.25, 0.3) is 0 Å². The minimum Gasteiger partial charge on any atom is -0.457 e. The minimum atomic E-state index is -0.837.